The van der Waals surface area contributed by atoms with Gasteiger partial charge in [-0.3, -0.25) is 9.55 Å². The third kappa shape index (κ3) is 3.99. The Balaban J connectivity index is 0.00000136. The summed E-state index contributed by atoms with van der Waals surface area (Å²) in [5.74, 6) is 0.760. The molecule has 0 N–H and O–H groups in total. The van der Waals surface area contributed by atoms with Gasteiger partial charge in [0.2, 0.25) is 0 Å². The van der Waals surface area contributed by atoms with Crippen LogP contribution in [0.3, 0.4) is 0 Å². The molecule has 0 saturated heterocycles. The van der Waals surface area contributed by atoms with Crippen LogP contribution in [-0.4, -0.2) is 15.4 Å². The molecular formula is C24H24N4. The monoisotopic (exact) mass is 368 g/mol. The molecule has 0 spiro atoms. The van der Waals surface area contributed by atoms with Gasteiger partial charge in [0.1, 0.15) is 11.9 Å². The average molecular weight is 368 g/mol. The highest BCUT2D eigenvalue weighted by Crippen LogP contribution is 2.33. The van der Waals surface area contributed by atoms with Crippen molar-refractivity contribution in [1.82, 2.24) is 9.55 Å². The molecule has 0 amide bonds. The van der Waals surface area contributed by atoms with Crippen LogP contribution >= 0.6 is 0 Å². The van der Waals surface area contributed by atoms with E-state index in [1.54, 1.807) is 18.4 Å². The summed E-state index contributed by atoms with van der Waals surface area (Å²) in [5.41, 5.74) is 5.26. The normalized spacial score (nSPS) is 11.1. The first kappa shape index (κ1) is 20.6. The molecule has 1 aromatic carbocycles. The smallest absolute Gasteiger partial charge is 0.110 e. The fourth-order valence-corrected chi connectivity index (χ4v) is 2.97. The third-order valence-corrected chi connectivity index (χ3v) is 4.20. The van der Waals surface area contributed by atoms with Crippen molar-refractivity contribution < 1.29 is 0 Å². The summed E-state index contributed by atoms with van der Waals surface area (Å²) in [5, 5.41) is 10.8. The second kappa shape index (κ2) is 9.29. The van der Waals surface area contributed by atoms with Crippen LogP contribution in [0.5, 0.6) is 0 Å². The van der Waals surface area contributed by atoms with Crippen LogP contribution in [0.1, 0.15) is 23.6 Å². The van der Waals surface area contributed by atoms with Gasteiger partial charge in [0.15, 0.2) is 0 Å². The summed E-state index contributed by atoms with van der Waals surface area (Å²) in [6.07, 6.45) is 6.96. The van der Waals surface area contributed by atoms with Crippen molar-refractivity contribution in [2.75, 3.05) is 0 Å². The molecule has 2 aromatic heterocycles. The number of allylic oxidation sites excluding steroid dienone is 2. The van der Waals surface area contributed by atoms with Gasteiger partial charge < -0.3 is 0 Å². The van der Waals surface area contributed by atoms with Crippen molar-refractivity contribution >= 4 is 16.7 Å². The van der Waals surface area contributed by atoms with Crippen molar-refractivity contribution in [2.45, 2.75) is 20.8 Å². The van der Waals surface area contributed by atoms with Gasteiger partial charge in [-0.2, -0.15) is 5.26 Å². The molecule has 0 atom stereocenters. The summed E-state index contributed by atoms with van der Waals surface area (Å²) in [4.78, 5) is 9.05. The Morgan fingerprint density at radius 1 is 1.18 bits per heavy atom. The number of nitriles is 1. The van der Waals surface area contributed by atoms with Gasteiger partial charge in [-0.25, -0.2) is 4.99 Å². The fraction of sp³-hybridized carbons (Fsp3) is 0.125. The molecule has 28 heavy (non-hydrogen) atoms. The molecule has 3 rings (SSSR count). The van der Waals surface area contributed by atoms with Crippen molar-refractivity contribution in [3.05, 3.63) is 91.3 Å². The molecule has 3 aromatic rings. The third-order valence-electron chi connectivity index (χ3n) is 4.20. The number of fused-ring (bicyclic) bond motifs is 1. The quantitative estimate of drug-likeness (QED) is 0.248. The van der Waals surface area contributed by atoms with Gasteiger partial charge >= 0.3 is 0 Å². The topological polar surface area (TPSA) is 54.0 Å². The molecule has 0 fully saturated rings. The molecule has 0 aliphatic heterocycles. The summed E-state index contributed by atoms with van der Waals surface area (Å²) in [6, 6.07) is 12.4. The summed E-state index contributed by atoms with van der Waals surface area (Å²) >= 11 is 0. The lowest BCUT2D eigenvalue weighted by Crippen LogP contribution is -2.09. The molecule has 140 valence electrons. The summed E-state index contributed by atoms with van der Waals surface area (Å²) in [7, 11) is 0. The Bertz CT molecular complexity index is 1090. The van der Waals surface area contributed by atoms with Gasteiger partial charge in [-0.15, -0.1) is 13.2 Å². The Morgan fingerprint density at radius 3 is 2.50 bits per heavy atom. The zero-order chi connectivity index (χ0) is 20.7. The maximum atomic E-state index is 9.87. The molecule has 0 radical (unpaired) electrons. The predicted octanol–water partition coefficient (Wildman–Crippen LogP) is 5.96. The number of pyridine rings is 1. The first-order valence-corrected chi connectivity index (χ1v) is 8.87. The number of aromatic nitrogens is 2. The molecule has 0 unspecified atom stereocenters. The molecular weight excluding hydrogens is 344 g/mol. The Morgan fingerprint density at radius 2 is 1.89 bits per heavy atom. The van der Waals surface area contributed by atoms with Crippen molar-refractivity contribution in [1.29, 1.82) is 5.26 Å². The molecule has 0 aliphatic rings. The zero-order valence-electron chi connectivity index (χ0n) is 16.6. The van der Waals surface area contributed by atoms with E-state index < -0.39 is 0 Å². The highest BCUT2D eigenvalue weighted by atomic mass is 15.1. The fourth-order valence-electron chi connectivity index (χ4n) is 2.97. The number of hydrogen-bond donors (Lipinski definition) is 0. The van der Waals surface area contributed by atoms with E-state index in [9.17, 15) is 5.26 Å². The predicted molar refractivity (Wildman–Crippen MR) is 118 cm³/mol. The van der Waals surface area contributed by atoms with Crippen LogP contribution in [0.2, 0.25) is 0 Å². The molecule has 0 saturated carbocycles. The minimum atomic E-state index is 0.613. The zero-order valence-corrected chi connectivity index (χ0v) is 16.6. The van der Waals surface area contributed by atoms with Crippen molar-refractivity contribution in [2.24, 2.45) is 4.99 Å². The Hall–Kier alpha value is -3.71. The lowest BCUT2D eigenvalue weighted by Gasteiger charge is -2.10. The number of aliphatic imine (C=N–C) groups is 1. The SMILES string of the molecule is C=C.C=C/C=C\N=C(C)n1c(-c2ccc(C)cn2)c(C#N)c2cc(C)ccc21. The largest absolute Gasteiger partial charge is 0.295 e. The Kier molecular flexibility index (Phi) is 6.84. The maximum Gasteiger partial charge on any atom is 0.110 e. The van der Waals surface area contributed by atoms with Gasteiger partial charge in [-0.1, -0.05) is 30.4 Å². The number of rotatable bonds is 3. The number of aryl methyl sites for hydroxylation is 2. The lowest BCUT2D eigenvalue weighted by atomic mass is 10.1. The van der Waals surface area contributed by atoms with E-state index in [1.807, 2.05) is 61.9 Å². The lowest BCUT2D eigenvalue weighted by molar-refractivity contribution is 1.15. The van der Waals surface area contributed by atoms with Crippen molar-refractivity contribution in [3.8, 4) is 17.5 Å². The number of hydrogen-bond acceptors (Lipinski definition) is 3. The average Bonchev–Trinajstić information content (AvgIpc) is 3.03. The van der Waals surface area contributed by atoms with Crippen LogP contribution in [0, 0.1) is 25.2 Å². The standard InChI is InChI=1S/C22H20N4.C2H4/c1-5-6-11-24-17(4)26-21-10-8-15(2)12-18(21)19(13-23)22(26)20-9-7-16(3)14-25-20;1-2/h5-12,14H,1H2,2-4H3;1-2H2/b11-6-,24-17?;. The summed E-state index contributed by atoms with van der Waals surface area (Å²) < 4.78 is 2.00. The highest BCUT2D eigenvalue weighted by Gasteiger charge is 2.21. The first-order valence-electron chi connectivity index (χ1n) is 8.87. The molecule has 4 heteroatoms. The van der Waals surface area contributed by atoms with E-state index in [0.29, 0.717) is 5.56 Å². The van der Waals surface area contributed by atoms with E-state index in [0.717, 1.165) is 39.3 Å². The van der Waals surface area contributed by atoms with E-state index in [2.05, 4.69) is 35.8 Å². The van der Waals surface area contributed by atoms with Crippen LogP contribution in [0.15, 0.2) is 79.6 Å². The van der Waals surface area contributed by atoms with Crippen LogP contribution in [-0.2, 0) is 0 Å². The van der Waals surface area contributed by atoms with Crippen LogP contribution < -0.4 is 0 Å². The van der Waals surface area contributed by atoms with Crippen molar-refractivity contribution in [3.63, 3.8) is 0 Å². The van der Waals surface area contributed by atoms with E-state index >= 15 is 0 Å². The Labute approximate surface area is 166 Å². The van der Waals surface area contributed by atoms with Gasteiger partial charge in [0.25, 0.3) is 0 Å². The highest BCUT2D eigenvalue weighted by molar-refractivity contribution is 6.03. The molecule has 0 aliphatic carbocycles. The second-order valence-electron chi connectivity index (χ2n) is 6.17. The van der Waals surface area contributed by atoms with E-state index in [1.165, 1.54) is 0 Å². The number of nitrogens with zero attached hydrogens (tertiary/aromatic N) is 4. The molecule has 2 heterocycles. The van der Waals surface area contributed by atoms with E-state index in [-0.39, 0.29) is 0 Å². The van der Waals surface area contributed by atoms with Crippen LogP contribution in [0.4, 0.5) is 0 Å². The number of benzene rings is 1. The maximum absolute atomic E-state index is 9.87. The molecule has 4 nitrogen and oxygen atoms in total. The van der Waals surface area contributed by atoms with E-state index in [4.69, 9.17) is 0 Å². The summed E-state index contributed by atoms with van der Waals surface area (Å²) in [6.45, 7) is 15.6. The first-order chi connectivity index (χ1) is 13.6. The minimum Gasteiger partial charge on any atom is -0.295 e. The second-order valence-corrected chi connectivity index (χ2v) is 6.17. The van der Waals surface area contributed by atoms with Gasteiger partial charge in [0.05, 0.1) is 22.5 Å². The van der Waals surface area contributed by atoms with Gasteiger partial charge in [-0.05, 0) is 50.6 Å². The van der Waals surface area contributed by atoms with Crippen LogP contribution in [0.25, 0.3) is 22.3 Å². The van der Waals surface area contributed by atoms with Gasteiger partial charge in [0, 0.05) is 17.8 Å². The molecule has 0 bridgehead atoms. The minimum absolute atomic E-state index is 0.613.